The minimum absolute atomic E-state index is 0.0654. The molecule has 0 atom stereocenters. The second-order valence-electron chi connectivity index (χ2n) is 5.41. The largest absolute Gasteiger partial charge is 0.382 e. The van der Waals surface area contributed by atoms with Crippen molar-refractivity contribution in [1.29, 1.82) is 0 Å². The first-order valence-corrected chi connectivity index (χ1v) is 7.69. The molecular formula is C18H19F3N2O. The van der Waals surface area contributed by atoms with E-state index in [9.17, 15) is 18.0 Å². The summed E-state index contributed by atoms with van der Waals surface area (Å²) in [4.78, 5) is 12.1. The van der Waals surface area contributed by atoms with Gasteiger partial charge in [0.1, 0.15) is 0 Å². The molecular weight excluding hydrogens is 317 g/mol. The van der Waals surface area contributed by atoms with Gasteiger partial charge in [0.15, 0.2) is 17.5 Å². The van der Waals surface area contributed by atoms with Crippen molar-refractivity contribution in [3.8, 4) is 0 Å². The highest BCUT2D eigenvalue weighted by atomic mass is 19.2. The molecule has 6 heteroatoms. The summed E-state index contributed by atoms with van der Waals surface area (Å²) >= 11 is 0. The van der Waals surface area contributed by atoms with Crippen LogP contribution >= 0.6 is 0 Å². The zero-order valence-corrected chi connectivity index (χ0v) is 13.6. The molecule has 0 radical (unpaired) electrons. The van der Waals surface area contributed by atoms with Gasteiger partial charge in [-0.15, -0.1) is 0 Å². The molecule has 2 aromatic rings. The van der Waals surface area contributed by atoms with Gasteiger partial charge in [-0.3, -0.25) is 4.79 Å². The van der Waals surface area contributed by atoms with Crippen molar-refractivity contribution >= 4 is 17.3 Å². The fraction of sp³-hybridized carbons (Fsp3) is 0.278. The number of rotatable bonds is 6. The summed E-state index contributed by atoms with van der Waals surface area (Å²) in [6, 6.07) is 7.71. The Morgan fingerprint density at radius 3 is 2.54 bits per heavy atom. The summed E-state index contributed by atoms with van der Waals surface area (Å²) in [5.74, 6) is -4.31. The van der Waals surface area contributed by atoms with Crippen LogP contribution in [0.2, 0.25) is 0 Å². The zero-order chi connectivity index (χ0) is 17.7. The van der Waals surface area contributed by atoms with E-state index in [-0.39, 0.29) is 24.6 Å². The van der Waals surface area contributed by atoms with Gasteiger partial charge in [0.25, 0.3) is 0 Å². The Morgan fingerprint density at radius 2 is 1.83 bits per heavy atom. The molecule has 0 aromatic heterocycles. The van der Waals surface area contributed by atoms with Gasteiger partial charge >= 0.3 is 0 Å². The molecule has 0 saturated carbocycles. The number of amides is 1. The lowest BCUT2D eigenvalue weighted by Gasteiger charge is -2.13. The SMILES string of the molecule is CCc1cccc(C)c1NC(=O)CCNc1ccc(F)c(F)c1F. The van der Waals surface area contributed by atoms with E-state index in [1.165, 1.54) is 0 Å². The summed E-state index contributed by atoms with van der Waals surface area (Å²) in [5.41, 5.74) is 2.60. The second-order valence-corrected chi connectivity index (χ2v) is 5.41. The molecule has 24 heavy (non-hydrogen) atoms. The normalized spacial score (nSPS) is 10.5. The van der Waals surface area contributed by atoms with E-state index in [1.807, 2.05) is 32.0 Å². The molecule has 0 spiro atoms. The van der Waals surface area contributed by atoms with Crippen LogP contribution in [0.15, 0.2) is 30.3 Å². The number of carbonyl (C=O) groups is 1. The predicted octanol–water partition coefficient (Wildman–Crippen LogP) is 4.42. The third-order valence-corrected chi connectivity index (χ3v) is 3.71. The number of aryl methyl sites for hydroxylation is 2. The number of hydrogen-bond acceptors (Lipinski definition) is 2. The van der Waals surface area contributed by atoms with Crippen LogP contribution in [-0.4, -0.2) is 12.5 Å². The number of nitrogens with one attached hydrogen (secondary N) is 2. The fourth-order valence-electron chi connectivity index (χ4n) is 2.38. The van der Waals surface area contributed by atoms with Gasteiger partial charge in [0.2, 0.25) is 5.91 Å². The first kappa shape index (κ1) is 17.8. The molecule has 2 rings (SSSR count). The van der Waals surface area contributed by atoms with Gasteiger partial charge < -0.3 is 10.6 Å². The maximum atomic E-state index is 13.5. The number of halogens is 3. The van der Waals surface area contributed by atoms with Crippen molar-refractivity contribution in [2.24, 2.45) is 0 Å². The van der Waals surface area contributed by atoms with Gasteiger partial charge in [-0.25, -0.2) is 13.2 Å². The molecule has 0 fully saturated rings. The highest BCUT2D eigenvalue weighted by Gasteiger charge is 2.13. The smallest absolute Gasteiger partial charge is 0.226 e. The van der Waals surface area contributed by atoms with Gasteiger partial charge in [-0.05, 0) is 36.6 Å². The summed E-state index contributed by atoms with van der Waals surface area (Å²) in [5, 5.41) is 5.44. The summed E-state index contributed by atoms with van der Waals surface area (Å²) in [6.07, 6.45) is 0.853. The van der Waals surface area contributed by atoms with E-state index in [0.717, 1.165) is 35.4 Å². The standard InChI is InChI=1S/C18H19F3N2O/c1-3-12-6-4-5-11(2)18(12)23-15(24)9-10-22-14-8-7-13(19)16(20)17(14)21/h4-8,22H,3,9-10H2,1-2H3,(H,23,24). The molecule has 2 N–H and O–H groups in total. The molecule has 0 bridgehead atoms. The lowest BCUT2D eigenvalue weighted by molar-refractivity contribution is -0.116. The van der Waals surface area contributed by atoms with Crippen molar-refractivity contribution < 1.29 is 18.0 Å². The third kappa shape index (κ3) is 4.07. The maximum absolute atomic E-state index is 13.5. The number of benzene rings is 2. The van der Waals surface area contributed by atoms with Crippen LogP contribution in [0, 0.1) is 24.4 Å². The highest BCUT2D eigenvalue weighted by molar-refractivity contribution is 5.92. The maximum Gasteiger partial charge on any atom is 0.226 e. The average Bonchev–Trinajstić information content (AvgIpc) is 2.56. The first-order chi connectivity index (χ1) is 11.4. The average molecular weight is 336 g/mol. The summed E-state index contributed by atoms with van der Waals surface area (Å²) in [6.45, 7) is 4.00. The van der Waals surface area contributed by atoms with Gasteiger partial charge in [0.05, 0.1) is 5.69 Å². The Hall–Kier alpha value is -2.50. The van der Waals surface area contributed by atoms with Crippen molar-refractivity contribution in [3.63, 3.8) is 0 Å². The van der Waals surface area contributed by atoms with Crippen molar-refractivity contribution in [3.05, 3.63) is 58.9 Å². The molecule has 0 heterocycles. The van der Waals surface area contributed by atoms with Gasteiger partial charge in [0, 0.05) is 18.7 Å². The topological polar surface area (TPSA) is 41.1 Å². The van der Waals surface area contributed by atoms with Crippen molar-refractivity contribution in [1.82, 2.24) is 0 Å². The van der Waals surface area contributed by atoms with Crippen LogP contribution in [0.3, 0.4) is 0 Å². The lowest BCUT2D eigenvalue weighted by atomic mass is 10.1. The Morgan fingerprint density at radius 1 is 1.08 bits per heavy atom. The summed E-state index contributed by atoms with van der Waals surface area (Å²) < 4.78 is 39.5. The first-order valence-electron chi connectivity index (χ1n) is 7.69. The van der Waals surface area contributed by atoms with Crippen LogP contribution in [0.25, 0.3) is 0 Å². The number of para-hydroxylation sites is 1. The zero-order valence-electron chi connectivity index (χ0n) is 13.6. The van der Waals surface area contributed by atoms with Crippen LogP contribution in [-0.2, 0) is 11.2 Å². The van der Waals surface area contributed by atoms with Crippen LogP contribution < -0.4 is 10.6 Å². The van der Waals surface area contributed by atoms with Crippen LogP contribution in [0.4, 0.5) is 24.5 Å². The highest BCUT2D eigenvalue weighted by Crippen LogP contribution is 2.22. The minimum atomic E-state index is -1.53. The Balaban J connectivity index is 1.94. The monoisotopic (exact) mass is 336 g/mol. The number of carbonyl (C=O) groups excluding carboxylic acids is 1. The number of hydrogen-bond donors (Lipinski definition) is 2. The van der Waals surface area contributed by atoms with Crippen LogP contribution in [0.1, 0.15) is 24.5 Å². The summed E-state index contributed by atoms with van der Waals surface area (Å²) in [7, 11) is 0. The van der Waals surface area contributed by atoms with E-state index < -0.39 is 17.5 Å². The lowest BCUT2D eigenvalue weighted by Crippen LogP contribution is -2.18. The van der Waals surface area contributed by atoms with E-state index in [1.54, 1.807) is 0 Å². The van der Waals surface area contributed by atoms with E-state index >= 15 is 0 Å². The Kier molecular flexibility index (Phi) is 5.84. The predicted molar refractivity (Wildman–Crippen MR) is 88.6 cm³/mol. The quantitative estimate of drug-likeness (QED) is 0.767. The molecule has 2 aromatic carbocycles. The fourth-order valence-corrected chi connectivity index (χ4v) is 2.38. The van der Waals surface area contributed by atoms with Gasteiger partial charge in [-0.1, -0.05) is 25.1 Å². The molecule has 0 aliphatic rings. The van der Waals surface area contributed by atoms with Gasteiger partial charge in [-0.2, -0.15) is 0 Å². The molecule has 0 unspecified atom stereocenters. The van der Waals surface area contributed by atoms with Crippen molar-refractivity contribution in [2.45, 2.75) is 26.7 Å². The molecule has 1 amide bonds. The van der Waals surface area contributed by atoms with E-state index in [2.05, 4.69) is 10.6 Å². The molecule has 0 saturated heterocycles. The van der Waals surface area contributed by atoms with E-state index in [0.29, 0.717) is 0 Å². The van der Waals surface area contributed by atoms with Crippen LogP contribution in [0.5, 0.6) is 0 Å². The molecule has 0 aliphatic carbocycles. The molecule has 3 nitrogen and oxygen atoms in total. The number of anilines is 2. The van der Waals surface area contributed by atoms with Crippen molar-refractivity contribution in [2.75, 3.05) is 17.2 Å². The van der Waals surface area contributed by atoms with E-state index in [4.69, 9.17) is 0 Å². The Labute approximate surface area is 138 Å². The third-order valence-electron chi connectivity index (χ3n) is 3.71. The molecule has 128 valence electrons. The second kappa shape index (κ2) is 7.86. The Bertz CT molecular complexity index is 747. The minimum Gasteiger partial charge on any atom is -0.382 e. The molecule has 0 aliphatic heterocycles.